The lowest BCUT2D eigenvalue weighted by Crippen LogP contribution is -2.47. The SMILES string of the molecule is CC(=O)NC(Cc1coc2ccccc12)B(O)O. The summed E-state index contributed by atoms with van der Waals surface area (Å²) in [7, 11) is -1.61. The van der Waals surface area contributed by atoms with Crippen molar-refractivity contribution in [2.75, 3.05) is 0 Å². The van der Waals surface area contributed by atoms with Gasteiger partial charge in [0.15, 0.2) is 0 Å². The topological polar surface area (TPSA) is 82.7 Å². The van der Waals surface area contributed by atoms with E-state index in [1.54, 1.807) is 6.26 Å². The van der Waals surface area contributed by atoms with Crippen molar-refractivity contribution in [3.05, 3.63) is 36.1 Å². The average Bonchev–Trinajstić information content (AvgIpc) is 2.71. The van der Waals surface area contributed by atoms with Crippen LogP contribution in [0.25, 0.3) is 11.0 Å². The molecule has 1 heterocycles. The zero-order chi connectivity index (χ0) is 13.1. The van der Waals surface area contributed by atoms with Crippen LogP contribution in [0.3, 0.4) is 0 Å². The predicted octanol–water partition coefficient (Wildman–Crippen LogP) is 0.492. The molecule has 0 fully saturated rings. The summed E-state index contributed by atoms with van der Waals surface area (Å²) >= 11 is 0. The van der Waals surface area contributed by atoms with Crippen LogP contribution >= 0.6 is 0 Å². The van der Waals surface area contributed by atoms with E-state index >= 15 is 0 Å². The molecule has 2 rings (SSSR count). The maximum absolute atomic E-state index is 11.0. The van der Waals surface area contributed by atoms with Crippen LogP contribution < -0.4 is 5.32 Å². The van der Waals surface area contributed by atoms with E-state index in [2.05, 4.69) is 5.32 Å². The van der Waals surface area contributed by atoms with Gasteiger partial charge in [0, 0.05) is 12.3 Å². The average molecular weight is 247 g/mol. The third-order valence-corrected chi connectivity index (χ3v) is 2.75. The summed E-state index contributed by atoms with van der Waals surface area (Å²) in [6, 6.07) is 7.47. The molecule has 0 saturated heterocycles. The van der Waals surface area contributed by atoms with Crippen LogP contribution in [0.1, 0.15) is 12.5 Å². The van der Waals surface area contributed by atoms with Crippen molar-refractivity contribution in [1.82, 2.24) is 5.32 Å². The fraction of sp³-hybridized carbons (Fsp3) is 0.250. The highest BCUT2D eigenvalue weighted by Gasteiger charge is 2.25. The second-order valence-electron chi connectivity index (χ2n) is 4.18. The molecule has 0 bridgehead atoms. The van der Waals surface area contributed by atoms with E-state index < -0.39 is 13.1 Å². The molecule has 18 heavy (non-hydrogen) atoms. The molecule has 6 heteroatoms. The molecule has 5 nitrogen and oxygen atoms in total. The Labute approximate surface area is 105 Å². The van der Waals surface area contributed by atoms with Crippen molar-refractivity contribution in [1.29, 1.82) is 0 Å². The largest absolute Gasteiger partial charge is 0.475 e. The van der Waals surface area contributed by atoms with Gasteiger partial charge in [-0.2, -0.15) is 0 Å². The summed E-state index contributed by atoms with van der Waals surface area (Å²) in [5.74, 6) is -1.05. The number of nitrogens with one attached hydrogen (secondary N) is 1. The van der Waals surface area contributed by atoms with Gasteiger partial charge in [0.25, 0.3) is 0 Å². The van der Waals surface area contributed by atoms with E-state index in [9.17, 15) is 14.8 Å². The number of rotatable bonds is 4. The minimum Gasteiger partial charge on any atom is -0.464 e. The molecule has 3 N–H and O–H groups in total. The molecule has 1 unspecified atom stereocenters. The first-order valence-corrected chi connectivity index (χ1v) is 5.66. The normalized spacial score (nSPS) is 12.4. The van der Waals surface area contributed by atoms with Gasteiger partial charge in [-0.15, -0.1) is 0 Å². The molecular weight excluding hydrogens is 233 g/mol. The quantitative estimate of drug-likeness (QED) is 0.686. The molecule has 1 aromatic heterocycles. The summed E-state index contributed by atoms with van der Waals surface area (Å²) in [5, 5.41) is 21.9. The molecule has 2 aromatic rings. The molecule has 0 saturated carbocycles. The van der Waals surface area contributed by atoms with Crippen LogP contribution in [0, 0.1) is 0 Å². The molecule has 94 valence electrons. The van der Waals surface area contributed by atoms with E-state index in [0.29, 0.717) is 6.42 Å². The monoisotopic (exact) mass is 247 g/mol. The van der Waals surface area contributed by atoms with Crippen LogP contribution in [0.2, 0.25) is 0 Å². The molecule has 0 radical (unpaired) electrons. The number of carbonyl (C=O) groups excluding carboxylic acids is 1. The molecule has 1 aromatic carbocycles. The van der Waals surface area contributed by atoms with Crippen LogP contribution in [-0.2, 0) is 11.2 Å². The second kappa shape index (κ2) is 5.24. The third-order valence-electron chi connectivity index (χ3n) is 2.75. The Kier molecular flexibility index (Phi) is 3.69. The van der Waals surface area contributed by atoms with E-state index in [1.165, 1.54) is 6.92 Å². The van der Waals surface area contributed by atoms with E-state index in [1.807, 2.05) is 24.3 Å². The Hall–Kier alpha value is -1.79. The lowest BCUT2D eigenvalue weighted by Gasteiger charge is -2.15. The molecule has 0 aliphatic carbocycles. The van der Waals surface area contributed by atoms with Crippen molar-refractivity contribution in [2.24, 2.45) is 0 Å². The molecule has 0 aliphatic heterocycles. The van der Waals surface area contributed by atoms with Gasteiger partial charge in [0.2, 0.25) is 5.91 Å². The summed E-state index contributed by atoms with van der Waals surface area (Å²) < 4.78 is 5.36. The van der Waals surface area contributed by atoms with Gasteiger partial charge in [0.1, 0.15) is 5.58 Å². The van der Waals surface area contributed by atoms with Crippen LogP contribution in [0.15, 0.2) is 34.9 Å². The Balaban J connectivity index is 2.23. The first-order valence-electron chi connectivity index (χ1n) is 5.66. The highest BCUT2D eigenvalue weighted by molar-refractivity contribution is 6.43. The number of amides is 1. The van der Waals surface area contributed by atoms with Crippen molar-refractivity contribution in [3.63, 3.8) is 0 Å². The number of benzene rings is 1. The van der Waals surface area contributed by atoms with E-state index in [-0.39, 0.29) is 5.91 Å². The number of hydrogen-bond donors (Lipinski definition) is 3. The van der Waals surface area contributed by atoms with Crippen molar-refractivity contribution < 1.29 is 19.3 Å². The van der Waals surface area contributed by atoms with Gasteiger partial charge in [-0.1, -0.05) is 18.2 Å². The fourth-order valence-corrected chi connectivity index (χ4v) is 1.92. The van der Waals surface area contributed by atoms with E-state index in [4.69, 9.17) is 4.42 Å². The summed E-state index contributed by atoms with van der Waals surface area (Å²) in [6.45, 7) is 1.34. The number of hydrogen-bond acceptors (Lipinski definition) is 4. The van der Waals surface area contributed by atoms with Gasteiger partial charge in [-0.25, -0.2) is 0 Å². The highest BCUT2D eigenvalue weighted by Crippen LogP contribution is 2.21. The summed E-state index contributed by atoms with van der Waals surface area (Å²) in [4.78, 5) is 11.0. The molecular formula is C12H14BNO4. The highest BCUT2D eigenvalue weighted by atomic mass is 16.4. The van der Waals surface area contributed by atoms with E-state index in [0.717, 1.165) is 16.5 Å². The Morgan fingerprint density at radius 1 is 1.44 bits per heavy atom. The van der Waals surface area contributed by atoms with Crippen molar-refractivity contribution >= 4 is 24.0 Å². The fourth-order valence-electron chi connectivity index (χ4n) is 1.92. The number of carbonyl (C=O) groups is 1. The molecule has 1 atom stereocenters. The number of fused-ring (bicyclic) bond motifs is 1. The minimum absolute atomic E-state index is 0.300. The summed E-state index contributed by atoms with van der Waals surface area (Å²) in [5.41, 5.74) is 1.57. The molecule has 1 amide bonds. The lowest BCUT2D eigenvalue weighted by atomic mass is 9.76. The first kappa shape index (κ1) is 12.7. The smallest absolute Gasteiger partial charge is 0.464 e. The Bertz CT molecular complexity index is 552. The predicted molar refractivity (Wildman–Crippen MR) is 67.7 cm³/mol. The van der Waals surface area contributed by atoms with Gasteiger partial charge in [0.05, 0.1) is 12.2 Å². The minimum atomic E-state index is -1.61. The Morgan fingerprint density at radius 3 is 2.83 bits per heavy atom. The third kappa shape index (κ3) is 2.72. The molecule has 0 spiro atoms. The van der Waals surface area contributed by atoms with Crippen LogP contribution in [-0.4, -0.2) is 29.0 Å². The Morgan fingerprint density at radius 2 is 2.17 bits per heavy atom. The van der Waals surface area contributed by atoms with Crippen LogP contribution in [0.5, 0.6) is 0 Å². The van der Waals surface area contributed by atoms with Gasteiger partial charge >= 0.3 is 7.12 Å². The zero-order valence-electron chi connectivity index (χ0n) is 9.96. The maximum atomic E-state index is 11.0. The van der Waals surface area contributed by atoms with Gasteiger partial charge < -0.3 is 19.8 Å². The lowest BCUT2D eigenvalue weighted by molar-refractivity contribution is -0.119. The number of para-hydroxylation sites is 1. The molecule has 0 aliphatic rings. The van der Waals surface area contributed by atoms with Crippen LogP contribution in [0.4, 0.5) is 0 Å². The maximum Gasteiger partial charge on any atom is 0.475 e. The zero-order valence-corrected chi connectivity index (χ0v) is 9.96. The first-order chi connectivity index (χ1) is 8.58. The van der Waals surface area contributed by atoms with Crippen molar-refractivity contribution in [2.45, 2.75) is 19.3 Å². The van der Waals surface area contributed by atoms with Gasteiger partial charge in [-0.05, 0) is 18.1 Å². The van der Waals surface area contributed by atoms with Crippen molar-refractivity contribution in [3.8, 4) is 0 Å². The summed E-state index contributed by atoms with van der Waals surface area (Å²) in [6.07, 6.45) is 1.87. The second-order valence-corrected chi connectivity index (χ2v) is 4.18. The standard InChI is InChI=1S/C12H14BNO4/c1-8(15)14-12(13(16)17)6-9-7-18-11-5-3-2-4-10(9)11/h2-5,7,12,16-17H,6H2,1H3,(H,14,15). The number of furan rings is 1. The van der Waals surface area contributed by atoms with Gasteiger partial charge in [-0.3, -0.25) is 4.79 Å².